The fourth-order valence-corrected chi connectivity index (χ4v) is 1.57. The zero-order valence-corrected chi connectivity index (χ0v) is 8.42. The summed E-state index contributed by atoms with van der Waals surface area (Å²) in [5, 5.41) is 4.59. The zero-order chi connectivity index (χ0) is 9.80. The molecule has 0 bridgehead atoms. The molecule has 0 atom stereocenters. The minimum atomic E-state index is 0.894. The minimum Gasteiger partial charge on any atom is -0.464 e. The lowest BCUT2D eigenvalue weighted by molar-refractivity contribution is 0.601. The Hall–Kier alpha value is -1.28. The second-order valence-corrected chi connectivity index (χ2v) is 3.43. The Morgan fingerprint density at radius 3 is 3.00 bits per heavy atom. The summed E-state index contributed by atoms with van der Waals surface area (Å²) in [6.45, 7) is 4.12. The summed E-state index contributed by atoms with van der Waals surface area (Å²) in [4.78, 5) is 0. The van der Waals surface area contributed by atoms with Crippen molar-refractivity contribution in [1.82, 2.24) is 5.32 Å². The maximum Gasteiger partial charge on any atom is 0.134 e. The Labute approximate surface area is 83.9 Å². The highest BCUT2D eigenvalue weighted by atomic mass is 16.3. The largest absolute Gasteiger partial charge is 0.464 e. The van der Waals surface area contributed by atoms with Crippen molar-refractivity contribution in [3.63, 3.8) is 0 Å². The third-order valence-electron chi connectivity index (χ3n) is 2.30. The molecule has 1 heterocycles. The second-order valence-electron chi connectivity index (χ2n) is 3.43. The van der Waals surface area contributed by atoms with Crippen molar-refractivity contribution in [2.75, 3.05) is 6.54 Å². The summed E-state index contributed by atoms with van der Waals surface area (Å²) in [5.41, 5.74) is 2.22. The van der Waals surface area contributed by atoms with Gasteiger partial charge in [0, 0.05) is 17.5 Å². The fraction of sp³-hybridized carbons (Fsp3) is 0.333. The summed E-state index contributed by atoms with van der Waals surface area (Å²) in [6, 6.07) is 8.14. The van der Waals surface area contributed by atoms with Crippen LogP contribution in [0.1, 0.15) is 18.9 Å². The molecule has 0 spiro atoms. The molecule has 0 amide bonds. The van der Waals surface area contributed by atoms with Crippen molar-refractivity contribution >= 4 is 11.0 Å². The van der Waals surface area contributed by atoms with Gasteiger partial charge in [-0.15, -0.1) is 0 Å². The Kier molecular flexibility index (Phi) is 2.84. The van der Waals surface area contributed by atoms with Gasteiger partial charge >= 0.3 is 0 Å². The molecule has 74 valence electrons. The number of para-hydroxylation sites is 1. The maximum absolute atomic E-state index is 5.44. The topological polar surface area (TPSA) is 25.2 Å². The van der Waals surface area contributed by atoms with Crippen LogP contribution in [0.25, 0.3) is 11.0 Å². The molecule has 14 heavy (non-hydrogen) atoms. The van der Waals surface area contributed by atoms with Gasteiger partial charge in [0.25, 0.3) is 0 Å². The summed E-state index contributed by atoms with van der Waals surface area (Å²) < 4.78 is 5.44. The van der Waals surface area contributed by atoms with Crippen LogP contribution in [0, 0.1) is 0 Å². The molecule has 0 unspecified atom stereocenters. The van der Waals surface area contributed by atoms with Gasteiger partial charge in [0.1, 0.15) is 5.58 Å². The third kappa shape index (κ3) is 1.80. The van der Waals surface area contributed by atoms with E-state index in [9.17, 15) is 0 Å². The summed E-state index contributed by atoms with van der Waals surface area (Å²) in [5.74, 6) is 0. The van der Waals surface area contributed by atoms with Crippen molar-refractivity contribution in [1.29, 1.82) is 0 Å². The summed E-state index contributed by atoms with van der Waals surface area (Å²) in [6.07, 6.45) is 3.00. The molecular weight excluding hydrogens is 174 g/mol. The van der Waals surface area contributed by atoms with E-state index in [-0.39, 0.29) is 0 Å². The zero-order valence-electron chi connectivity index (χ0n) is 8.42. The van der Waals surface area contributed by atoms with Crippen LogP contribution in [0.4, 0.5) is 0 Å². The first-order chi connectivity index (χ1) is 6.92. The van der Waals surface area contributed by atoms with Gasteiger partial charge in [-0.05, 0) is 19.0 Å². The van der Waals surface area contributed by atoms with E-state index in [2.05, 4.69) is 18.3 Å². The van der Waals surface area contributed by atoms with E-state index >= 15 is 0 Å². The number of hydrogen-bond acceptors (Lipinski definition) is 2. The van der Waals surface area contributed by atoms with Crippen molar-refractivity contribution in [3.05, 3.63) is 36.1 Å². The molecule has 1 aromatic heterocycles. The third-order valence-corrected chi connectivity index (χ3v) is 2.30. The first-order valence-electron chi connectivity index (χ1n) is 5.07. The van der Waals surface area contributed by atoms with Crippen molar-refractivity contribution < 1.29 is 4.42 Å². The van der Waals surface area contributed by atoms with E-state index < -0.39 is 0 Å². The van der Waals surface area contributed by atoms with Crippen LogP contribution in [0.3, 0.4) is 0 Å². The van der Waals surface area contributed by atoms with Gasteiger partial charge in [0.2, 0.25) is 0 Å². The smallest absolute Gasteiger partial charge is 0.134 e. The van der Waals surface area contributed by atoms with Crippen LogP contribution in [-0.2, 0) is 6.54 Å². The molecule has 0 fully saturated rings. The van der Waals surface area contributed by atoms with E-state index in [1.54, 1.807) is 0 Å². The SMILES string of the molecule is CCCNCc1coc2ccccc12. The molecule has 0 saturated carbocycles. The van der Waals surface area contributed by atoms with Gasteiger partial charge in [-0.3, -0.25) is 0 Å². The quantitative estimate of drug-likeness (QED) is 0.748. The average molecular weight is 189 g/mol. The molecule has 1 N–H and O–H groups in total. The predicted octanol–water partition coefficient (Wildman–Crippen LogP) is 2.93. The van der Waals surface area contributed by atoms with Crippen LogP contribution in [-0.4, -0.2) is 6.54 Å². The highest BCUT2D eigenvalue weighted by molar-refractivity contribution is 5.80. The van der Waals surface area contributed by atoms with Gasteiger partial charge in [-0.25, -0.2) is 0 Å². The van der Waals surface area contributed by atoms with Crippen molar-refractivity contribution in [2.45, 2.75) is 19.9 Å². The van der Waals surface area contributed by atoms with Crippen LogP contribution >= 0.6 is 0 Å². The number of nitrogens with one attached hydrogen (secondary N) is 1. The Balaban J connectivity index is 2.17. The number of benzene rings is 1. The first kappa shape index (κ1) is 9.28. The van der Waals surface area contributed by atoms with Gasteiger partial charge in [-0.2, -0.15) is 0 Å². The lowest BCUT2D eigenvalue weighted by Crippen LogP contribution is -2.13. The normalized spacial score (nSPS) is 10.9. The standard InChI is InChI=1S/C12H15NO/c1-2-7-13-8-10-9-14-12-6-4-3-5-11(10)12/h3-6,9,13H,2,7-8H2,1H3. The lowest BCUT2D eigenvalue weighted by atomic mass is 10.2. The summed E-state index contributed by atoms with van der Waals surface area (Å²) in [7, 11) is 0. The molecule has 0 aliphatic heterocycles. The van der Waals surface area contributed by atoms with E-state index in [4.69, 9.17) is 4.42 Å². The van der Waals surface area contributed by atoms with Crippen LogP contribution in [0.5, 0.6) is 0 Å². The van der Waals surface area contributed by atoms with Crippen LogP contribution in [0.15, 0.2) is 34.9 Å². The number of hydrogen-bond donors (Lipinski definition) is 1. The number of fused-ring (bicyclic) bond motifs is 1. The molecule has 1 aromatic carbocycles. The highest BCUT2D eigenvalue weighted by Crippen LogP contribution is 2.20. The van der Waals surface area contributed by atoms with Crippen LogP contribution in [0.2, 0.25) is 0 Å². The molecule has 2 heteroatoms. The van der Waals surface area contributed by atoms with Gasteiger partial charge < -0.3 is 9.73 Å². The fourth-order valence-electron chi connectivity index (χ4n) is 1.57. The Morgan fingerprint density at radius 1 is 1.29 bits per heavy atom. The van der Waals surface area contributed by atoms with Crippen molar-refractivity contribution in [2.24, 2.45) is 0 Å². The maximum atomic E-state index is 5.44. The monoisotopic (exact) mass is 189 g/mol. The number of rotatable bonds is 4. The van der Waals surface area contributed by atoms with E-state index in [0.717, 1.165) is 25.1 Å². The Morgan fingerprint density at radius 2 is 2.14 bits per heavy atom. The van der Waals surface area contributed by atoms with E-state index in [0.29, 0.717) is 0 Å². The Bertz CT molecular complexity index is 405. The number of furan rings is 1. The molecule has 0 aliphatic carbocycles. The highest BCUT2D eigenvalue weighted by Gasteiger charge is 2.03. The molecule has 2 aromatic rings. The molecule has 0 saturated heterocycles. The molecule has 0 radical (unpaired) electrons. The lowest BCUT2D eigenvalue weighted by Gasteiger charge is -1.99. The summed E-state index contributed by atoms with van der Waals surface area (Å²) >= 11 is 0. The van der Waals surface area contributed by atoms with Gasteiger partial charge in [-0.1, -0.05) is 25.1 Å². The van der Waals surface area contributed by atoms with E-state index in [1.807, 2.05) is 24.5 Å². The average Bonchev–Trinajstić information content (AvgIpc) is 2.63. The molecular formula is C12H15NO. The predicted molar refractivity (Wildman–Crippen MR) is 58.2 cm³/mol. The molecule has 0 aliphatic rings. The minimum absolute atomic E-state index is 0.894. The van der Waals surface area contributed by atoms with Crippen molar-refractivity contribution in [3.8, 4) is 0 Å². The molecule has 2 nitrogen and oxygen atoms in total. The van der Waals surface area contributed by atoms with E-state index in [1.165, 1.54) is 10.9 Å². The van der Waals surface area contributed by atoms with Gasteiger partial charge in [0.15, 0.2) is 0 Å². The molecule has 2 rings (SSSR count). The second kappa shape index (κ2) is 4.29. The van der Waals surface area contributed by atoms with Gasteiger partial charge in [0.05, 0.1) is 6.26 Å². The first-order valence-corrected chi connectivity index (χ1v) is 5.07. The van der Waals surface area contributed by atoms with Crippen LogP contribution < -0.4 is 5.32 Å².